The fraction of sp³-hybridized carbons (Fsp3) is 0.562. The standard InChI is InChI=1S/C16H25N3/c1-12(10-18-16(3,4)5)13(2)19-11-17-14-8-6-7-9-15(14)19/h6-9,11-13,18H,10H2,1-5H3. The van der Waals surface area contributed by atoms with Gasteiger partial charge in [-0.15, -0.1) is 0 Å². The molecular formula is C16H25N3. The van der Waals surface area contributed by atoms with Gasteiger partial charge in [0.15, 0.2) is 0 Å². The maximum Gasteiger partial charge on any atom is 0.0960 e. The van der Waals surface area contributed by atoms with E-state index < -0.39 is 0 Å². The van der Waals surface area contributed by atoms with Crippen molar-refractivity contribution in [2.45, 2.75) is 46.2 Å². The minimum atomic E-state index is 0.172. The Morgan fingerprint density at radius 1 is 1.21 bits per heavy atom. The summed E-state index contributed by atoms with van der Waals surface area (Å²) in [5.41, 5.74) is 2.47. The molecule has 0 aliphatic rings. The van der Waals surface area contributed by atoms with Crippen LogP contribution in [0, 0.1) is 5.92 Å². The topological polar surface area (TPSA) is 29.9 Å². The smallest absolute Gasteiger partial charge is 0.0960 e. The van der Waals surface area contributed by atoms with Gasteiger partial charge in [0.25, 0.3) is 0 Å². The third-order valence-corrected chi connectivity index (χ3v) is 3.70. The molecule has 0 saturated heterocycles. The summed E-state index contributed by atoms with van der Waals surface area (Å²) in [6.07, 6.45) is 1.96. The zero-order chi connectivity index (χ0) is 14.0. The molecule has 1 heterocycles. The Balaban J connectivity index is 2.12. The Labute approximate surface area is 116 Å². The number of nitrogens with zero attached hydrogens (tertiary/aromatic N) is 2. The van der Waals surface area contributed by atoms with Crippen molar-refractivity contribution in [1.82, 2.24) is 14.9 Å². The summed E-state index contributed by atoms with van der Waals surface area (Å²) < 4.78 is 2.28. The highest BCUT2D eigenvalue weighted by Gasteiger charge is 2.18. The van der Waals surface area contributed by atoms with Gasteiger partial charge in [0, 0.05) is 18.1 Å². The highest BCUT2D eigenvalue weighted by molar-refractivity contribution is 5.75. The Morgan fingerprint density at radius 3 is 2.58 bits per heavy atom. The number of benzene rings is 1. The van der Waals surface area contributed by atoms with Gasteiger partial charge in [0.2, 0.25) is 0 Å². The first kappa shape index (κ1) is 14.1. The van der Waals surface area contributed by atoms with Crippen molar-refractivity contribution in [3.05, 3.63) is 30.6 Å². The van der Waals surface area contributed by atoms with Crippen molar-refractivity contribution in [2.75, 3.05) is 6.54 Å². The Morgan fingerprint density at radius 2 is 1.89 bits per heavy atom. The maximum atomic E-state index is 4.47. The number of imidazole rings is 1. The van der Waals surface area contributed by atoms with Crippen molar-refractivity contribution < 1.29 is 0 Å². The highest BCUT2D eigenvalue weighted by atomic mass is 15.1. The zero-order valence-corrected chi connectivity index (χ0v) is 12.6. The van der Waals surface area contributed by atoms with E-state index in [-0.39, 0.29) is 5.54 Å². The predicted molar refractivity (Wildman–Crippen MR) is 81.4 cm³/mol. The fourth-order valence-electron chi connectivity index (χ4n) is 2.21. The van der Waals surface area contributed by atoms with Gasteiger partial charge in [-0.2, -0.15) is 0 Å². The number of fused-ring (bicyclic) bond motifs is 1. The molecule has 0 spiro atoms. The lowest BCUT2D eigenvalue weighted by Crippen LogP contribution is -2.40. The van der Waals surface area contributed by atoms with Gasteiger partial charge < -0.3 is 9.88 Å². The summed E-state index contributed by atoms with van der Waals surface area (Å²) in [6, 6.07) is 8.75. The van der Waals surface area contributed by atoms with Crippen LogP contribution in [0.2, 0.25) is 0 Å². The second-order valence-electron chi connectivity index (χ2n) is 6.49. The molecule has 1 aromatic carbocycles. The maximum absolute atomic E-state index is 4.47. The van der Waals surface area contributed by atoms with Gasteiger partial charge in [-0.05, 0) is 45.7 Å². The third kappa shape index (κ3) is 3.35. The molecule has 0 aliphatic heterocycles. The lowest BCUT2D eigenvalue weighted by atomic mass is 10.0. The van der Waals surface area contributed by atoms with Crippen molar-refractivity contribution in [2.24, 2.45) is 5.92 Å². The van der Waals surface area contributed by atoms with E-state index in [0.29, 0.717) is 12.0 Å². The van der Waals surface area contributed by atoms with Gasteiger partial charge in [-0.1, -0.05) is 19.1 Å². The molecule has 0 fully saturated rings. The molecular weight excluding hydrogens is 234 g/mol. The van der Waals surface area contributed by atoms with E-state index in [9.17, 15) is 0 Å². The van der Waals surface area contributed by atoms with Crippen LogP contribution in [0.4, 0.5) is 0 Å². The number of hydrogen-bond acceptors (Lipinski definition) is 2. The highest BCUT2D eigenvalue weighted by Crippen LogP contribution is 2.23. The van der Waals surface area contributed by atoms with Crippen LogP contribution in [0.3, 0.4) is 0 Å². The van der Waals surface area contributed by atoms with Crippen LogP contribution in [0.25, 0.3) is 11.0 Å². The largest absolute Gasteiger partial charge is 0.327 e. The van der Waals surface area contributed by atoms with Crippen LogP contribution < -0.4 is 5.32 Å². The molecule has 2 rings (SSSR count). The minimum Gasteiger partial charge on any atom is -0.327 e. The molecule has 0 aliphatic carbocycles. The van der Waals surface area contributed by atoms with Crippen LogP contribution in [-0.4, -0.2) is 21.6 Å². The van der Waals surface area contributed by atoms with Crippen LogP contribution in [0.15, 0.2) is 30.6 Å². The summed E-state index contributed by atoms with van der Waals surface area (Å²) in [7, 11) is 0. The van der Waals surface area contributed by atoms with Crippen LogP contribution >= 0.6 is 0 Å². The monoisotopic (exact) mass is 259 g/mol. The number of rotatable bonds is 4. The molecule has 1 N–H and O–H groups in total. The molecule has 104 valence electrons. The van der Waals surface area contributed by atoms with E-state index >= 15 is 0 Å². The molecule has 19 heavy (non-hydrogen) atoms. The predicted octanol–water partition coefficient (Wildman–Crippen LogP) is 3.62. The van der Waals surface area contributed by atoms with E-state index in [4.69, 9.17) is 0 Å². The van der Waals surface area contributed by atoms with E-state index in [2.05, 4.69) is 67.7 Å². The zero-order valence-electron chi connectivity index (χ0n) is 12.6. The van der Waals surface area contributed by atoms with Crippen LogP contribution in [0.5, 0.6) is 0 Å². The lowest BCUT2D eigenvalue weighted by Gasteiger charge is -2.27. The van der Waals surface area contributed by atoms with E-state index in [1.165, 1.54) is 5.52 Å². The molecule has 3 nitrogen and oxygen atoms in total. The van der Waals surface area contributed by atoms with Crippen molar-refractivity contribution >= 4 is 11.0 Å². The van der Waals surface area contributed by atoms with Gasteiger partial charge in [0.1, 0.15) is 0 Å². The minimum absolute atomic E-state index is 0.172. The van der Waals surface area contributed by atoms with Crippen molar-refractivity contribution in [1.29, 1.82) is 0 Å². The first-order chi connectivity index (χ1) is 8.88. The first-order valence-electron chi connectivity index (χ1n) is 7.05. The number of nitrogens with one attached hydrogen (secondary N) is 1. The summed E-state index contributed by atoms with van der Waals surface area (Å²) in [6.45, 7) is 12.2. The number of hydrogen-bond donors (Lipinski definition) is 1. The Hall–Kier alpha value is -1.35. The molecule has 1 aromatic heterocycles. The summed E-state index contributed by atoms with van der Waals surface area (Å²) in [5.74, 6) is 0.553. The quantitative estimate of drug-likeness (QED) is 0.909. The Bertz CT molecular complexity index is 536. The number of aromatic nitrogens is 2. The SMILES string of the molecule is CC(CNC(C)(C)C)C(C)n1cnc2ccccc21. The van der Waals surface area contributed by atoms with Gasteiger partial charge in [0.05, 0.1) is 17.4 Å². The molecule has 0 radical (unpaired) electrons. The first-order valence-corrected chi connectivity index (χ1v) is 7.05. The molecule has 2 atom stereocenters. The lowest BCUT2D eigenvalue weighted by molar-refractivity contribution is 0.320. The summed E-state index contributed by atoms with van der Waals surface area (Å²) in [4.78, 5) is 4.47. The average Bonchev–Trinajstić information content (AvgIpc) is 2.78. The Kier molecular flexibility index (Phi) is 3.95. The molecule has 0 bridgehead atoms. The average molecular weight is 259 g/mol. The number of para-hydroxylation sites is 2. The molecule has 2 unspecified atom stereocenters. The van der Waals surface area contributed by atoms with Crippen molar-refractivity contribution in [3.63, 3.8) is 0 Å². The van der Waals surface area contributed by atoms with E-state index in [1.807, 2.05) is 12.4 Å². The van der Waals surface area contributed by atoms with E-state index in [1.54, 1.807) is 0 Å². The van der Waals surface area contributed by atoms with Gasteiger partial charge >= 0.3 is 0 Å². The molecule has 3 heteroatoms. The second-order valence-corrected chi connectivity index (χ2v) is 6.49. The van der Waals surface area contributed by atoms with Crippen molar-refractivity contribution in [3.8, 4) is 0 Å². The summed E-state index contributed by atoms with van der Waals surface area (Å²) >= 11 is 0. The second kappa shape index (κ2) is 5.33. The molecule has 0 saturated carbocycles. The fourth-order valence-corrected chi connectivity index (χ4v) is 2.21. The van der Waals surface area contributed by atoms with Crippen LogP contribution in [-0.2, 0) is 0 Å². The van der Waals surface area contributed by atoms with E-state index in [0.717, 1.165) is 12.1 Å². The molecule has 2 aromatic rings. The third-order valence-electron chi connectivity index (χ3n) is 3.70. The normalized spacial score (nSPS) is 15.6. The van der Waals surface area contributed by atoms with Crippen LogP contribution in [0.1, 0.15) is 40.7 Å². The molecule has 0 amide bonds. The summed E-state index contributed by atoms with van der Waals surface area (Å²) in [5, 5.41) is 3.58. The van der Waals surface area contributed by atoms with Gasteiger partial charge in [-0.25, -0.2) is 4.98 Å². The van der Waals surface area contributed by atoms with Gasteiger partial charge in [-0.3, -0.25) is 0 Å².